The molecular weight excluding hydrogens is 374 g/mol. The van der Waals surface area contributed by atoms with E-state index in [-0.39, 0.29) is 6.61 Å². The molecule has 1 aromatic carbocycles. The monoisotopic (exact) mass is 389 g/mol. The van der Waals surface area contributed by atoms with Crippen LogP contribution in [-0.2, 0) is 23.0 Å². The fraction of sp³-hybridized carbons (Fsp3) is 0.286. The van der Waals surface area contributed by atoms with Crippen LogP contribution >= 0.6 is 27.3 Å². The number of nitrogens with zero attached hydrogens (tertiary/aromatic N) is 1. The lowest BCUT2D eigenvalue weighted by Crippen LogP contribution is -2.25. The normalized spacial score (nSPS) is 12.0. The van der Waals surface area contributed by atoms with Gasteiger partial charge >= 0.3 is 0 Å². The van der Waals surface area contributed by atoms with Gasteiger partial charge in [-0.05, 0) is 23.8 Å². The third kappa shape index (κ3) is 3.92. The molecule has 2 rings (SSSR count). The van der Waals surface area contributed by atoms with E-state index in [1.165, 1.54) is 15.6 Å². The zero-order valence-corrected chi connectivity index (χ0v) is 14.7. The van der Waals surface area contributed by atoms with Gasteiger partial charge in [-0.3, -0.25) is 0 Å². The lowest BCUT2D eigenvalue weighted by molar-refractivity contribution is 0.300. The minimum atomic E-state index is -3.50. The van der Waals surface area contributed by atoms with Crippen LogP contribution in [0, 0.1) is 0 Å². The second-order valence-corrected chi connectivity index (χ2v) is 8.84. The number of rotatable bonds is 6. The molecule has 114 valence electrons. The number of sulfonamides is 1. The molecule has 7 heteroatoms. The largest absolute Gasteiger partial charge is 0.396 e. The summed E-state index contributed by atoms with van der Waals surface area (Å²) >= 11 is 4.63. The van der Waals surface area contributed by atoms with Gasteiger partial charge < -0.3 is 5.11 Å². The Labute approximate surface area is 137 Å². The number of thiophene rings is 1. The highest BCUT2D eigenvalue weighted by Crippen LogP contribution is 2.26. The molecule has 0 spiro atoms. The molecule has 0 atom stereocenters. The Hall–Kier alpha value is -0.730. The average Bonchev–Trinajstić information content (AvgIpc) is 2.91. The molecule has 4 nitrogen and oxygen atoms in total. The first-order valence-corrected chi connectivity index (χ1v) is 9.39. The molecular formula is C14H16BrNO3S2. The molecule has 0 unspecified atom stereocenters. The number of benzene rings is 1. The van der Waals surface area contributed by atoms with Crippen molar-refractivity contribution in [2.75, 3.05) is 13.7 Å². The van der Waals surface area contributed by atoms with Crippen LogP contribution < -0.4 is 0 Å². The van der Waals surface area contributed by atoms with Gasteiger partial charge in [-0.15, -0.1) is 11.3 Å². The number of hydrogen-bond acceptors (Lipinski definition) is 4. The Bertz CT molecular complexity index is 713. The molecule has 0 radical (unpaired) electrons. The Balaban J connectivity index is 2.20. The standard InChI is InChI=1S/C14H16BrNO3S2/c1-16(10-11-4-2-3-5-13(11)15)21(18,19)14-7-6-12(20-14)8-9-17/h2-7,17H,8-10H2,1H3. The van der Waals surface area contributed by atoms with Gasteiger partial charge in [-0.1, -0.05) is 34.1 Å². The first kappa shape index (κ1) is 16.6. The number of aliphatic hydroxyl groups is 1. The van der Waals surface area contributed by atoms with Crippen molar-refractivity contribution in [3.63, 3.8) is 0 Å². The molecule has 0 fully saturated rings. The third-order valence-corrected chi connectivity index (χ3v) is 7.20. The third-order valence-electron chi connectivity index (χ3n) is 3.01. The second kappa shape index (κ2) is 7.02. The first-order chi connectivity index (χ1) is 9.95. The fourth-order valence-corrected chi connectivity index (χ4v) is 4.96. The zero-order chi connectivity index (χ0) is 15.5. The first-order valence-electron chi connectivity index (χ1n) is 6.34. The molecule has 0 aliphatic carbocycles. The highest BCUT2D eigenvalue weighted by Gasteiger charge is 2.23. The Morgan fingerprint density at radius 1 is 1.24 bits per heavy atom. The minimum Gasteiger partial charge on any atom is -0.396 e. The van der Waals surface area contributed by atoms with E-state index < -0.39 is 10.0 Å². The van der Waals surface area contributed by atoms with Gasteiger partial charge in [0.2, 0.25) is 0 Å². The zero-order valence-electron chi connectivity index (χ0n) is 11.5. The highest BCUT2D eigenvalue weighted by molar-refractivity contribution is 9.10. The molecule has 0 saturated heterocycles. The molecule has 1 heterocycles. The smallest absolute Gasteiger partial charge is 0.252 e. The van der Waals surface area contributed by atoms with E-state index in [2.05, 4.69) is 15.9 Å². The summed E-state index contributed by atoms with van der Waals surface area (Å²) in [5.74, 6) is 0. The SMILES string of the molecule is CN(Cc1ccccc1Br)S(=O)(=O)c1ccc(CCO)s1. The molecule has 1 N–H and O–H groups in total. The van der Waals surface area contributed by atoms with Gasteiger partial charge in [0, 0.05) is 36.0 Å². The van der Waals surface area contributed by atoms with E-state index in [9.17, 15) is 8.42 Å². The summed E-state index contributed by atoms with van der Waals surface area (Å²) < 4.78 is 27.6. The number of hydrogen-bond donors (Lipinski definition) is 1. The molecule has 1 aromatic heterocycles. The van der Waals surface area contributed by atoms with Crippen molar-refractivity contribution in [1.29, 1.82) is 0 Å². The predicted molar refractivity (Wildman–Crippen MR) is 87.9 cm³/mol. The number of halogens is 1. The van der Waals surface area contributed by atoms with Crippen molar-refractivity contribution in [2.24, 2.45) is 0 Å². The highest BCUT2D eigenvalue weighted by atomic mass is 79.9. The fourth-order valence-electron chi connectivity index (χ4n) is 1.85. The van der Waals surface area contributed by atoms with Crippen LogP contribution in [0.15, 0.2) is 45.1 Å². The van der Waals surface area contributed by atoms with Crippen molar-refractivity contribution in [1.82, 2.24) is 4.31 Å². The van der Waals surface area contributed by atoms with Crippen LogP contribution in [0.4, 0.5) is 0 Å². The van der Waals surface area contributed by atoms with E-state index >= 15 is 0 Å². The Kier molecular flexibility index (Phi) is 5.56. The summed E-state index contributed by atoms with van der Waals surface area (Å²) in [6.07, 6.45) is 0.480. The summed E-state index contributed by atoms with van der Waals surface area (Å²) in [4.78, 5) is 0.866. The summed E-state index contributed by atoms with van der Waals surface area (Å²) in [7, 11) is -1.93. The van der Waals surface area contributed by atoms with Crippen LogP contribution in [0.5, 0.6) is 0 Å². The van der Waals surface area contributed by atoms with Crippen LogP contribution in [0.3, 0.4) is 0 Å². The molecule has 0 saturated carbocycles. The maximum atomic E-state index is 12.5. The maximum absolute atomic E-state index is 12.5. The van der Waals surface area contributed by atoms with Crippen LogP contribution in [-0.4, -0.2) is 31.5 Å². The van der Waals surface area contributed by atoms with Gasteiger partial charge in [0.1, 0.15) is 4.21 Å². The van der Waals surface area contributed by atoms with Gasteiger partial charge in [0.25, 0.3) is 10.0 Å². The average molecular weight is 390 g/mol. The summed E-state index contributed by atoms with van der Waals surface area (Å²) in [5, 5.41) is 8.91. The van der Waals surface area contributed by atoms with Gasteiger partial charge in [-0.25, -0.2) is 8.42 Å². The Morgan fingerprint density at radius 3 is 2.62 bits per heavy atom. The Morgan fingerprint density at radius 2 is 1.95 bits per heavy atom. The van der Waals surface area contributed by atoms with Crippen molar-refractivity contribution < 1.29 is 13.5 Å². The van der Waals surface area contributed by atoms with Crippen molar-refractivity contribution in [2.45, 2.75) is 17.2 Å². The molecule has 0 aliphatic heterocycles. The van der Waals surface area contributed by atoms with E-state index in [4.69, 9.17) is 5.11 Å². The minimum absolute atomic E-state index is 0.0206. The number of aliphatic hydroxyl groups excluding tert-OH is 1. The molecule has 2 aromatic rings. The van der Waals surface area contributed by atoms with Gasteiger partial charge in [0.15, 0.2) is 0 Å². The lowest BCUT2D eigenvalue weighted by Gasteiger charge is -2.16. The van der Waals surface area contributed by atoms with E-state index in [0.717, 1.165) is 14.9 Å². The van der Waals surface area contributed by atoms with Crippen LogP contribution in [0.2, 0.25) is 0 Å². The van der Waals surface area contributed by atoms with E-state index in [1.54, 1.807) is 19.2 Å². The summed E-state index contributed by atoms with van der Waals surface area (Å²) in [5.41, 5.74) is 0.913. The lowest BCUT2D eigenvalue weighted by atomic mass is 10.2. The van der Waals surface area contributed by atoms with E-state index in [1.807, 2.05) is 24.3 Å². The molecule has 0 bridgehead atoms. The van der Waals surface area contributed by atoms with Crippen molar-refractivity contribution in [3.05, 3.63) is 51.3 Å². The van der Waals surface area contributed by atoms with Crippen LogP contribution in [0.1, 0.15) is 10.4 Å². The van der Waals surface area contributed by atoms with Crippen LogP contribution in [0.25, 0.3) is 0 Å². The van der Waals surface area contributed by atoms with Gasteiger partial charge in [-0.2, -0.15) is 4.31 Å². The summed E-state index contributed by atoms with van der Waals surface area (Å²) in [6.45, 7) is 0.323. The van der Waals surface area contributed by atoms with E-state index in [0.29, 0.717) is 17.2 Å². The predicted octanol–water partition coefficient (Wildman–Crippen LogP) is 2.87. The second-order valence-electron chi connectivity index (χ2n) is 4.55. The quantitative estimate of drug-likeness (QED) is 0.825. The molecule has 21 heavy (non-hydrogen) atoms. The molecule has 0 aliphatic rings. The maximum Gasteiger partial charge on any atom is 0.252 e. The van der Waals surface area contributed by atoms with Gasteiger partial charge in [0.05, 0.1) is 0 Å². The van der Waals surface area contributed by atoms with Crippen molar-refractivity contribution >= 4 is 37.3 Å². The molecule has 0 amide bonds. The summed E-state index contributed by atoms with van der Waals surface area (Å²) in [6, 6.07) is 10.9. The van der Waals surface area contributed by atoms with Crippen molar-refractivity contribution in [3.8, 4) is 0 Å². The topological polar surface area (TPSA) is 57.6 Å².